The number of carbonyl (C=O) groups is 1. The molecule has 1 aliphatic rings. The van der Waals surface area contributed by atoms with Gasteiger partial charge in [-0.15, -0.1) is 0 Å². The number of carbonyl (C=O) groups excluding carboxylic acids is 1. The quantitative estimate of drug-likeness (QED) is 0.850. The summed E-state index contributed by atoms with van der Waals surface area (Å²) < 4.78 is 5.42. The molecule has 0 atom stereocenters. The maximum Gasteiger partial charge on any atom is 0.223 e. The van der Waals surface area contributed by atoms with Gasteiger partial charge < -0.3 is 9.64 Å². The second-order valence-corrected chi connectivity index (χ2v) is 6.48. The molecule has 0 saturated heterocycles. The van der Waals surface area contributed by atoms with Crippen molar-refractivity contribution in [2.75, 3.05) is 7.11 Å². The molecule has 1 heterocycles. The summed E-state index contributed by atoms with van der Waals surface area (Å²) in [7, 11) is 1.67. The topological polar surface area (TPSA) is 58.2 Å². The molecular formula is C19H25N3O2. The SMILES string of the molecule is COc1ccccc1CN(C(=O)CCc1n[nH]c(C)c1C)C1CC1. The maximum absolute atomic E-state index is 12.8. The largest absolute Gasteiger partial charge is 0.496 e. The van der Waals surface area contributed by atoms with Crippen LogP contribution in [-0.4, -0.2) is 34.2 Å². The summed E-state index contributed by atoms with van der Waals surface area (Å²) in [6, 6.07) is 8.30. The second-order valence-electron chi connectivity index (χ2n) is 6.48. The Morgan fingerprint density at radius 2 is 2.08 bits per heavy atom. The van der Waals surface area contributed by atoms with Crippen LogP contribution in [0.1, 0.15) is 41.8 Å². The smallest absolute Gasteiger partial charge is 0.223 e. The Balaban J connectivity index is 1.67. The summed E-state index contributed by atoms with van der Waals surface area (Å²) in [5, 5.41) is 7.29. The molecule has 1 fully saturated rings. The molecule has 5 heteroatoms. The Morgan fingerprint density at radius 1 is 1.33 bits per heavy atom. The first-order chi connectivity index (χ1) is 11.6. The van der Waals surface area contributed by atoms with E-state index >= 15 is 0 Å². The molecule has 1 aromatic heterocycles. The van der Waals surface area contributed by atoms with Crippen molar-refractivity contribution in [3.63, 3.8) is 0 Å². The van der Waals surface area contributed by atoms with Gasteiger partial charge in [0.25, 0.3) is 0 Å². The van der Waals surface area contributed by atoms with E-state index in [0.717, 1.165) is 41.1 Å². The standard InChI is InChI=1S/C19H25N3O2/c1-13-14(2)20-21-17(13)10-11-19(23)22(16-8-9-16)12-15-6-4-5-7-18(15)24-3/h4-7,16H,8-12H2,1-3H3,(H,20,21). The summed E-state index contributed by atoms with van der Waals surface area (Å²) in [6.45, 7) is 4.67. The number of nitrogens with zero attached hydrogens (tertiary/aromatic N) is 2. The highest BCUT2D eigenvalue weighted by molar-refractivity contribution is 5.77. The van der Waals surface area contributed by atoms with E-state index in [1.807, 2.05) is 43.0 Å². The third-order valence-corrected chi connectivity index (χ3v) is 4.77. The monoisotopic (exact) mass is 327 g/mol. The molecule has 1 saturated carbocycles. The van der Waals surface area contributed by atoms with E-state index in [0.29, 0.717) is 25.4 Å². The van der Waals surface area contributed by atoms with Crippen LogP contribution in [0.15, 0.2) is 24.3 Å². The number of aryl methyl sites for hydroxylation is 2. The molecule has 0 bridgehead atoms. The van der Waals surface area contributed by atoms with Crippen molar-refractivity contribution in [2.24, 2.45) is 0 Å². The normalized spacial score (nSPS) is 13.8. The van der Waals surface area contributed by atoms with Crippen molar-refractivity contribution in [3.8, 4) is 5.75 Å². The van der Waals surface area contributed by atoms with Crippen LogP contribution in [0, 0.1) is 13.8 Å². The highest BCUT2D eigenvalue weighted by Gasteiger charge is 2.32. The first-order valence-electron chi connectivity index (χ1n) is 8.52. The van der Waals surface area contributed by atoms with Gasteiger partial charge in [0.1, 0.15) is 5.75 Å². The predicted molar refractivity (Wildman–Crippen MR) is 92.9 cm³/mol. The number of nitrogens with one attached hydrogen (secondary N) is 1. The number of hydrogen-bond donors (Lipinski definition) is 1. The number of ether oxygens (including phenoxy) is 1. The van der Waals surface area contributed by atoms with E-state index in [9.17, 15) is 4.79 Å². The number of aromatic amines is 1. The van der Waals surface area contributed by atoms with Crippen molar-refractivity contribution in [2.45, 2.75) is 52.1 Å². The zero-order chi connectivity index (χ0) is 17.1. The van der Waals surface area contributed by atoms with E-state index < -0.39 is 0 Å². The second kappa shape index (κ2) is 7.07. The first-order valence-corrected chi connectivity index (χ1v) is 8.52. The number of amides is 1. The molecule has 24 heavy (non-hydrogen) atoms. The lowest BCUT2D eigenvalue weighted by Gasteiger charge is -2.23. The van der Waals surface area contributed by atoms with Crippen LogP contribution >= 0.6 is 0 Å². The van der Waals surface area contributed by atoms with E-state index in [4.69, 9.17) is 4.74 Å². The summed E-state index contributed by atoms with van der Waals surface area (Å²) in [6.07, 6.45) is 3.38. The third-order valence-electron chi connectivity index (χ3n) is 4.77. The predicted octanol–water partition coefficient (Wildman–Crippen LogP) is 3.16. The van der Waals surface area contributed by atoms with Gasteiger partial charge in [-0.2, -0.15) is 5.10 Å². The lowest BCUT2D eigenvalue weighted by Crippen LogP contribution is -2.33. The van der Waals surface area contributed by atoms with Crippen LogP contribution in [0.2, 0.25) is 0 Å². The van der Waals surface area contributed by atoms with E-state index in [1.54, 1.807) is 7.11 Å². The van der Waals surface area contributed by atoms with Crippen molar-refractivity contribution >= 4 is 5.91 Å². The van der Waals surface area contributed by atoms with Gasteiger partial charge in [0.15, 0.2) is 0 Å². The zero-order valence-electron chi connectivity index (χ0n) is 14.6. The van der Waals surface area contributed by atoms with Crippen LogP contribution in [-0.2, 0) is 17.8 Å². The Morgan fingerprint density at radius 3 is 2.71 bits per heavy atom. The molecule has 0 aliphatic heterocycles. The molecule has 0 radical (unpaired) electrons. The van der Waals surface area contributed by atoms with Crippen LogP contribution in [0.5, 0.6) is 5.75 Å². The molecule has 2 aromatic rings. The van der Waals surface area contributed by atoms with Gasteiger partial charge in [0.2, 0.25) is 5.91 Å². The van der Waals surface area contributed by atoms with E-state index in [2.05, 4.69) is 10.2 Å². The number of rotatable bonds is 7. The van der Waals surface area contributed by atoms with Crippen LogP contribution in [0.25, 0.3) is 0 Å². The van der Waals surface area contributed by atoms with Gasteiger partial charge in [0, 0.05) is 36.7 Å². The minimum Gasteiger partial charge on any atom is -0.496 e. The Bertz CT molecular complexity index is 719. The minimum absolute atomic E-state index is 0.198. The number of aromatic nitrogens is 2. The highest BCUT2D eigenvalue weighted by atomic mass is 16.5. The Kier molecular flexibility index (Phi) is 4.88. The number of methoxy groups -OCH3 is 1. The summed E-state index contributed by atoms with van der Waals surface area (Å²) in [4.78, 5) is 14.8. The van der Waals surface area contributed by atoms with Gasteiger partial charge in [-0.25, -0.2) is 0 Å². The Hall–Kier alpha value is -2.30. The zero-order valence-corrected chi connectivity index (χ0v) is 14.6. The molecule has 1 aliphatic carbocycles. The van der Waals surface area contributed by atoms with E-state index in [-0.39, 0.29) is 5.91 Å². The number of para-hydroxylation sites is 1. The van der Waals surface area contributed by atoms with Crippen molar-refractivity contribution in [1.82, 2.24) is 15.1 Å². The van der Waals surface area contributed by atoms with Gasteiger partial charge >= 0.3 is 0 Å². The fraction of sp³-hybridized carbons (Fsp3) is 0.474. The molecule has 5 nitrogen and oxygen atoms in total. The summed E-state index contributed by atoms with van der Waals surface area (Å²) in [5.41, 5.74) is 4.29. The highest BCUT2D eigenvalue weighted by Crippen LogP contribution is 2.31. The molecular weight excluding hydrogens is 302 g/mol. The van der Waals surface area contributed by atoms with Gasteiger partial charge in [-0.05, 0) is 38.3 Å². The Labute approximate surface area is 143 Å². The van der Waals surface area contributed by atoms with Crippen LogP contribution in [0.4, 0.5) is 0 Å². The third kappa shape index (κ3) is 3.61. The maximum atomic E-state index is 12.8. The number of benzene rings is 1. The van der Waals surface area contributed by atoms with Gasteiger partial charge in [-0.3, -0.25) is 9.89 Å². The molecule has 0 unspecified atom stereocenters. The summed E-state index contributed by atoms with van der Waals surface area (Å²) >= 11 is 0. The van der Waals surface area contributed by atoms with Gasteiger partial charge in [-0.1, -0.05) is 18.2 Å². The number of H-pyrrole nitrogens is 1. The van der Waals surface area contributed by atoms with Gasteiger partial charge in [0.05, 0.1) is 12.8 Å². The first kappa shape index (κ1) is 16.6. The lowest BCUT2D eigenvalue weighted by atomic mass is 10.1. The fourth-order valence-electron chi connectivity index (χ4n) is 2.97. The number of hydrogen-bond acceptors (Lipinski definition) is 3. The molecule has 1 N–H and O–H groups in total. The minimum atomic E-state index is 0.198. The molecule has 1 aromatic carbocycles. The average molecular weight is 327 g/mol. The molecule has 1 amide bonds. The average Bonchev–Trinajstić information content (AvgIpc) is 3.38. The van der Waals surface area contributed by atoms with Crippen molar-refractivity contribution in [3.05, 3.63) is 46.8 Å². The fourth-order valence-corrected chi connectivity index (χ4v) is 2.97. The van der Waals surface area contributed by atoms with Crippen LogP contribution in [0.3, 0.4) is 0 Å². The van der Waals surface area contributed by atoms with Crippen molar-refractivity contribution < 1.29 is 9.53 Å². The van der Waals surface area contributed by atoms with Crippen LogP contribution < -0.4 is 4.74 Å². The van der Waals surface area contributed by atoms with Crippen molar-refractivity contribution in [1.29, 1.82) is 0 Å². The van der Waals surface area contributed by atoms with E-state index in [1.165, 1.54) is 0 Å². The molecule has 3 rings (SSSR count). The molecule has 128 valence electrons. The molecule has 0 spiro atoms. The summed E-state index contributed by atoms with van der Waals surface area (Å²) in [5.74, 6) is 1.04. The lowest BCUT2D eigenvalue weighted by molar-refractivity contribution is -0.132.